The van der Waals surface area contributed by atoms with Crippen molar-refractivity contribution in [2.75, 3.05) is 5.75 Å². The number of aromatic nitrogens is 1. The van der Waals surface area contributed by atoms with Gasteiger partial charge >= 0.3 is 0 Å². The first-order chi connectivity index (χ1) is 7.63. The maximum Gasteiger partial charge on any atom is 0.243 e. The summed E-state index contributed by atoms with van der Waals surface area (Å²) in [4.78, 5) is 27.3. The summed E-state index contributed by atoms with van der Waals surface area (Å²) in [6.07, 6.45) is 1.69. The minimum Gasteiger partial charge on any atom is -0.349 e. The highest BCUT2D eigenvalue weighted by atomic mass is 32.1. The highest BCUT2D eigenvalue weighted by Crippen LogP contribution is 2.04. The van der Waals surface area contributed by atoms with Gasteiger partial charge < -0.3 is 10.6 Å². The van der Waals surface area contributed by atoms with Gasteiger partial charge in [-0.15, -0.1) is 11.3 Å². The third-order valence-corrected chi connectivity index (χ3v) is 2.94. The molecule has 88 valence electrons. The SMILES string of the molecule is CC(=O)NC(CS)C(=O)NCc1cncs1. The fourth-order valence-corrected chi connectivity index (χ4v) is 1.86. The van der Waals surface area contributed by atoms with Crippen LogP contribution in [-0.2, 0) is 16.1 Å². The molecular weight excluding hydrogens is 246 g/mol. The van der Waals surface area contributed by atoms with Crippen molar-refractivity contribution in [1.29, 1.82) is 0 Å². The van der Waals surface area contributed by atoms with Crippen LogP contribution in [0.1, 0.15) is 11.8 Å². The van der Waals surface area contributed by atoms with Crippen LogP contribution in [0.25, 0.3) is 0 Å². The summed E-state index contributed by atoms with van der Waals surface area (Å²) in [5, 5.41) is 5.23. The molecular formula is C9H13N3O2S2. The third kappa shape index (κ3) is 4.19. The third-order valence-electron chi connectivity index (χ3n) is 1.80. The van der Waals surface area contributed by atoms with Crippen molar-refractivity contribution < 1.29 is 9.59 Å². The molecule has 0 spiro atoms. The van der Waals surface area contributed by atoms with Gasteiger partial charge in [-0.1, -0.05) is 0 Å². The number of nitrogens with zero attached hydrogens (tertiary/aromatic N) is 1. The van der Waals surface area contributed by atoms with Crippen LogP contribution in [0.5, 0.6) is 0 Å². The molecule has 2 amide bonds. The number of thiol groups is 1. The van der Waals surface area contributed by atoms with Gasteiger partial charge in [0.1, 0.15) is 6.04 Å². The van der Waals surface area contributed by atoms with Crippen molar-refractivity contribution >= 4 is 35.8 Å². The van der Waals surface area contributed by atoms with Crippen molar-refractivity contribution in [3.8, 4) is 0 Å². The lowest BCUT2D eigenvalue weighted by Gasteiger charge is -2.14. The molecule has 2 N–H and O–H groups in total. The average Bonchev–Trinajstić information content (AvgIpc) is 2.75. The number of hydrogen-bond donors (Lipinski definition) is 3. The molecule has 0 bridgehead atoms. The van der Waals surface area contributed by atoms with E-state index in [0.717, 1.165) is 4.88 Å². The van der Waals surface area contributed by atoms with Crippen molar-refractivity contribution in [1.82, 2.24) is 15.6 Å². The molecule has 1 unspecified atom stereocenters. The molecule has 0 aliphatic heterocycles. The molecule has 7 heteroatoms. The molecule has 16 heavy (non-hydrogen) atoms. The van der Waals surface area contributed by atoms with Crippen LogP contribution in [0.15, 0.2) is 11.7 Å². The molecule has 0 radical (unpaired) electrons. The van der Waals surface area contributed by atoms with Crippen molar-refractivity contribution in [3.05, 3.63) is 16.6 Å². The van der Waals surface area contributed by atoms with E-state index in [1.54, 1.807) is 11.7 Å². The summed E-state index contributed by atoms with van der Waals surface area (Å²) >= 11 is 5.48. The highest BCUT2D eigenvalue weighted by Gasteiger charge is 2.17. The molecule has 0 aliphatic carbocycles. The zero-order valence-corrected chi connectivity index (χ0v) is 10.5. The van der Waals surface area contributed by atoms with E-state index in [9.17, 15) is 9.59 Å². The van der Waals surface area contributed by atoms with Gasteiger partial charge in [-0.05, 0) is 0 Å². The van der Waals surface area contributed by atoms with Crippen LogP contribution < -0.4 is 10.6 Å². The van der Waals surface area contributed by atoms with Gasteiger partial charge in [0.2, 0.25) is 11.8 Å². The van der Waals surface area contributed by atoms with Gasteiger partial charge in [-0.2, -0.15) is 12.6 Å². The van der Waals surface area contributed by atoms with Gasteiger partial charge in [0.15, 0.2) is 0 Å². The van der Waals surface area contributed by atoms with Crippen molar-refractivity contribution in [2.24, 2.45) is 0 Å². The van der Waals surface area contributed by atoms with Gasteiger partial charge in [0, 0.05) is 23.8 Å². The molecule has 0 saturated heterocycles. The molecule has 0 aliphatic rings. The van der Waals surface area contributed by atoms with Gasteiger partial charge in [-0.3, -0.25) is 14.6 Å². The lowest BCUT2D eigenvalue weighted by atomic mass is 10.3. The number of hydrogen-bond acceptors (Lipinski definition) is 5. The maximum atomic E-state index is 11.6. The van der Waals surface area contributed by atoms with Crippen LogP contribution in [-0.4, -0.2) is 28.6 Å². The second-order valence-corrected chi connectivity index (χ2v) is 4.46. The maximum absolute atomic E-state index is 11.6. The van der Waals surface area contributed by atoms with E-state index < -0.39 is 6.04 Å². The van der Waals surface area contributed by atoms with Crippen LogP contribution in [0.3, 0.4) is 0 Å². The van der Waals surface area contributed by atoms with Crippen LogP contribution in [0, 0.1) is 0 Å². The predicted molar refractivity (Wildman–Crippen MR) is 65.4 cm³/mol. The monoisotopic (exact) mass is 259 g/mol. The van der Waals surface area contributed by atoms with E-state index in [1.807, 2.05) is 0 Å². The lowest BCUT2D eigenvalue weighted by molar-refractivity contribution is -0.127. The Morgan fingerprint density at radius 1 is 1.62 bits per heavy atom. The standard InChI is InChI=1S/C9H13N3O2S2/c1-6(13)12-8(4-15)9(14)11-3-7-2-10-5-16-7/h2,5,8,15H,3-4H2,1H3,(H,11,14)(H,12,13). The summed E-state index contributed by atoms with van der Waals surface area (Å²) in [7, 11) is 0. The summed E-state index contributed by atoms with van der Waals surface area (Å²) in [6.45, 7) is 1.79. The number of thiazole rings is 1. The first kappa shape index (κ1) is 13.0. The summed E-state index contributed by atoms with van der Waals surface area (Å²) < 4.78 is 0. The quantitative estimate of drug-likeness (QED) is 0.661. The van der Waals surface area contributed by atoms with Crippen molar-refractivity contribution in [3.63, 3.8) is 0 Å². The largest absolute Gasteiger partial charge is 0.349 e. The zero-order chi connectivity index (χ0) is 12.0. The lowest BCUT2D eigenvalue weighted by Crippen LogP contribution is -2.46. The second kappa shape index (κ2) is 6.49. The Labute approximate surface area is 103 Å². The second-order valence-electron chi connectivity index (χ2n) is 3.12. The molecule has 1 atom stereocenters. The summed E-state index contributed by atoms with van der Waals surface area (Å²) in [5.74, 6) is -0.209. The number of carbonyl (C=O) groups is 2. The Hall–Kier alpha value is -1.08. The Balaban J connectivity index is 2.40. The molecule has 1 heterocycles. The fourth-order valence-electron chi connectivity index (χ4n) is 1.07. The number of rotatable bonds is 5. The molecule has 1 aromatic rings. The molecule has 0 saturated carbocycles. The van der Waals surface area contributed by atoms with Crippen LogP contribution in [0.2, 0.25) is 0 Å². The minimum absolute atomic E-state index is 0.237. The molecule has 5 nitrogen and oxygen atoms in total. The van der Waals surface area contributed by atoms with Crippen LogP contribution >= 0.6 is 24.0 Å². The minimum atomic E-state index is -0.589. The number of amides is 2. The zero-order valence-electron chi connectivity index (χ0n) is 8.77. The first-order valence-corrected chi connectivity index (χ1v) is 6.17. The number of nitrogens with one attached hydrogen (secondary N) is 2. The van der Waals surface area contributed by atoms with E-state index >= 15 is 0 Å². The van der Waals surface area contributed by atoms with E-state index in [2.05, 4.69) is 28.2 Å². The summed E-state index contributed by atoms with van der Waals surface area (Å²) in [5.41, 5.74) is 1.70. The Bertz CT molecular complexity index is 354. The summed E-state index contributed by atoms with van der Waals surface area (Å²) in [6, 6.07) is -0.589. The Morgan fingerprint density at radius 2 is 2.38 bits per heavy atom. The smallest absolute Gasteiger partial charge is 0.243 e. The molecule has 1 rings (SSSR count). The first-order valence-electron chi connectivity index (χ1n) is 4.66. The Kier molecular flexibility index (Phi) is 5.27. The van der Waals surface area contributed by atoms with Crippen LogP contribution in [0.4, 0.5) is 0 Å². The molecule has 0 fully saturated rings. The molecule has 0 aromatic carbocycles. The van der Waals surface area contributed by atoms with Gasteiger partial charge in [-0.25, -0.2) is 0 Å². The Morgan fingerprint density at radius 3 is 2.88 bits per heavy atom. The van der Waals surface area contributed by atoms with Gasteiger partial charge in [0.25, 0.3) is 0 Å². The van der Waals surface area contributed by atoms with E-state index in [4.69, 9.17) is 0 Å². The highest BCUT2D eigenvalue weighted by molar-refractivity contribution is 7.80. The number of carbonyl (C=O) groups excluding carboxylic acids is 2. The topological polar surface area (TPSA) is 71.1 Å². The average molecular weight is 259 g/mol. The van der Waals surface area contributed by atoms with E-state index in [-0.39, 0.29) is 17.6 Å². The van der Waals surface area contributed by atoms with E-state index in [1.165, 1.54) is 18.3 Å². The molecule has 1 aromatic heterocycles. The predicted octanol–water partition coefficient (Wildman–Crippen LogP) is 0.194. The van der Waals surface area contributed by atoms with Crippen molar-refractivity contribution in [2.45, 2.75) is 19.5 Å². The fraction of sp³-hybridized carbons (Fsp3) is 0.444. The normalized spacial score (nSPS) is 11.9. The van der Waals surface area contributed by atoms with Gasteiger partial charge in [0.05, 0.1) is 12.1 Å². The van der Waals surface area contributed by atoms with E-state index in [0.29, 0.717) is 6.54 Å².